The average molecular weight is 445 g/mol. The zero-order valence-electron chi connectivity index (χ0n) is 16.9. The summed E-state index contributed by atoms with van der Waals surface area (Å²) < 4.78 is 42.1. The summed E-state index contributed by atoms with van der Waals surface area (Å²) in [5, 5.41) is 12.7. The first kappa shape index (κ1) is 21.4. The third kappa shape index (κ3) is 3.37. The van der Waals surface area contributed by atoms with Gasteiger partial charge in [-0.05, 0) is 12.0 Å². The monoisotopic (exact) mass is 445 g/mol. The van der Waals surface area contributed by atoms with Gasteiger partial charge in [-0.3, -0.25) is 14.4 Å². The normalized spacial score (nSPS) is 19.6. The molecule has 10 heteroatoms. The van der Waals surface area contributed by atoms with E-state index in [0.29, 0.717) is 17.8 Å². The smallest absolute Gasteiger partial charge is 0.278 e. The lowest BCUT2D eigenvalue weighted by Crippen LogP contribution is -2.44. The summed E-state index contributed by atoms with van der Waals surface area (Å²) in [5.41, 5.74) is -2.06. The fourth-order valence-electron chi connectivity index (χ4n) is 3.89. The van der Waals surface area contributed by atoms with Crippen LogP contribution in [0, 0.1) is 23.4 Å². The molecule has 0 radical (unpaired) electrons. The fourth-order valence-corrected chi connectivity index (χ4v) is 3.89. The van der Waals surface area contributed by atoms with E-state index in [0.717, 1.165) is 6.20 Å². The van der Waals surface area contributed by atoms with E-state index in [1.807, 2.05) is 13.0 Å². The van der Waals surface area contributed by atoms with Crippen molar-refractivity contribution < 1.29 is 27.9 Å². The molecular weight excluding hydrogens is 427 g/mol. The summed E-state index contributed by atoms with van der Waals surface area (Å²) in [6.45, 7) is 5.25. The first-order valence-electron chi connectivity index (χ1n) is 9.68. The van der Waals surface area contributed by atoms with Crippen molar-refractivity contribution in [3.63, 3.8) is 0 Å². The van der Waals surface area contributed by atoms with Crippen LogP contribution in [0.2, 0.25) is 0 Å². The van der Waals surface area contributed by atoms with Crippen LogP contribution in [-0.2, 0) is 6.54 Å². The average Bonchev–Trinajstić information content (AvgIpc) is 2.85. The molecule has 32 heavy (non-hydrogen) atoms. The topological polar surface area (TPSA) is 91.6 Å². The van der Waals surface area contributed by atoms with Gasteiger partial charge >= 0.3 is 0 Å². The predicted octanol–water partition coefficient (Wildman–Crippen LogP) is 2.62. The summed E-state index contributed by atoms with van der Waals surface area (Å²) in [6, 6.07) is 0.537. The van der Waals surface area contributed by atoms with Crippen molar-refractivity contribution in [1.82, 2.24) is 14.8 Å². The van der Waals surface area contributed by atoms with Gasteiger partial charge in [0.15, 0.2) is 11.4 Å². The van der Waals surface area contributed by atoms with Crippen LogP contribution in [0.5, 0.6) is 5.75 Å². The van der Waals surface area contributed by atoms with Gasteiger partial charge in [0.1, 0.15) is 23.0 Å². The highest BCUT2D eigenvalue weighted by Crippen LogP contribution is 2.35. The number of pyridine rings is 1. The van der Waals surface area contributed by atoms with Gasteiger partial charge in [0.25, 0.3) is 11.8 Å². The number of amides is 2. The van der Waals surface area contributed by atoms with Crippen LogP contribution in [-0.4, -0.2) is 32.9 Å². The van der Waals surface area contributed by atoms with Gasteiger partial charge < -0.3 is 19.9 Å². The highest BCUT2D eigenvalue weighted by molar-refractivity contribution is 6.00. The molecule has 2 aliphatic heterocycles. The third-order valence-corrected chi connectivity index (χ3v) is 5.71. The van der Waals surface area contributed by atoms with Crippen molar-refractivity contribution in [2.75, 3.05) is 6.54 Å². The van der Waals surface area contributed by atoms with Crippen LogP contribution in [0.4, 0.5) is 13.2 Å². The van der Waals surface area contributed by atoms with E-state index >= 15 is 0 Å². The van der Waals surface area contributed by atoms with E-state index in [-0.39, 0.29) is 18.2 Å². The summed E-state index contributed by atoms with van der Waals surface area (Å²) in [7, 11) is 0. The molecule has 2 N–H and O–H groups in total. The molecule has 0 saturated heterocycles. The van der Waals surface area contributed by atoms with Gasteiger partial charge in [-0.25, -0.2) is 13.2 Å². The van der Waals surface area contributed by atoms with Crippen molar-refractivity contribution in [1.29, 1.82) is 0 Å². The van der Waals surface area contributed by atoms with E-state index in [2.05, 4.69) is 11.9 Å². The molecule has 2 amide bonds. The van der Waals surface area contributed by atoms with Crippen LogP contribution < -0.4 is 10.7 Å². The first-order chi connectivity index (χ1) is 15.1. The Labute approximate surface area is 180 Å². The molecule has 2 aliphatic rings. The molecule has 7 nitrogen and oxygen atoms in total. The molecule has 3 heterocycles. The number of rotatable bonds is 3. The number of aromatic hydroxyl groups is 1. The molecule has 0 fully saturated rings. The van der Waals surface area contributed by atoms with Crippen LogP contribution in [0.3, 0.4) is 0 Å². The van der Waals surface area contributed by atoms with Gasteiger partial charge in [0.2, 0.25) is 5.43 Å². The molecule has 1 aromatic heterocycles. The third-order valence-electron chi connectivity index (χ3n) is 5.71. The minimum atomic E-state index is -1.20. The van der Waals surface area contributed by atoms with Gasteiger partial charge in [-0.15, -0.1) is 0 Å². The standard InChI is InChI=1S/C22H18F3N3O4/c1-10-3-4-11(2)27-9-17(10)28-8-14(19(29)20(30)18(28)22(27)32)21(31)26-7-13-15(24)5-12(23)6-16(13)25/h3-6,8,10,17,30H,2,7,9H2,1H3,(H,26,31). The van der Waals surface area contributed by atoms with Crippen LogP contribution in [0.25, 0.3) is 0 Å². The van der Waals surface area contributed by atoms with Crippen LogP contribution in [0.1, 0.15) is 39.4 Å². The highest BCUT2D eigenvalue weighted by Gasteiger charge is 2.39. The van der Waals surface area contributed by atoms with Crippen LogP contribution in [0.15, 0.2) is 47.6 Å². The SMILES string of the molecule is C=C1C=CC(C)C2CN1C(=O)c1c(O)c(=O)c(C(=O)NCc3c(F)cc(F)cc3F)cn12. The van der Waals surface area contributed by atoms with Gasteiger partial charge in [0.05, 0.1) is 6.04 Å². The lowest BCUT2D eigenvalue weighted by molar-refractivity contribution is 0.0718. The van der Waals surface area contributed by atoms with E-state index in [1.165, 1.54) is 9.47 Å². The quantitative estimate of drug-likeness (QED) is 0.760. The maximum Gasteiger partial charge on any atom is 0.278 e. The molecule has 4 rings (SSSR count). The molecule has 2 aromatic rings. The second-order valence-corrected chi connectivity index (χ2v) is 7.70. The zero-order chi connectivity index (χ0) is 23.3. The molecule has 0 spiro atoms. The Kier molecular flexibility index (Phi) is 5.15. The molecular formula is C22H18F3N3O4. The maximum absolute atomic E-state index is 13.8. The second kappa shape index (κ2) is 7.70. The Hall–Kier alpha value is -3.82. The van der Waals surface area contributed by atoms with E-state index < -0.39 is 64.2 Å². The Morgan fingerprint density at radius 3 is 2.56 bits per heavy atom. The maximum atomic E-state index is 13.8. The highest BCUT2D eigenvalue weighted by atomic mass is 19.1. The summed E-state index contributed by atoms with van der Waals surface area (Å²) in [4.78, 5) is 39.5. The number of allylic oxidation sites excluding steroid dienone is 2. The molecule has 2 unspecified atom stereocenters. The minimum absolute atomic E-state index is 0.135. The number of hydrogen-bond donors (Lipinski definition) is 2. The minimum Gasteiger partial charge on any atom is -0.503 e. The number of nitrogens with one attached hydrogen (secondary N) is 1. The number of fused-ring (bicyclic) bond motifs is 4. The predicted molar refractivity (Wildman–Crippen MR) is 107 cm³/mol. The lowest BCUT2D eigenvalue weighted by Gasteiger charge is -2.36. The van der Waals surface area contributed by atoms with Crippen molar-refractivity contribution in [3.8, 4) is 5.75 Å². The Bertz CT molecular complexity index is 1240. The van der Waals surface area contributed by atoms with Gasteiger partial charge in [-0.2, -0.15) is 0 Å². The zero-order valence-corrected chi connectivity index (χ0v) is 16.9. The first-order valence-corrected chi connectivity index (χ1v) is 9.68. The molecule has 2 atom stereocenters. The number of nitrogens with zero attached hydrogens (tertiary/aromatic N) is 2. The van der Waals surface area contributed by atoms with Crippen molar-refractivity contribution in [2.24, 2.45) is 5.92 Å². The van der Waals surface area contributed by atoms with Crippen molar-refractivity contribution in [2.45, 2.75) is 19.5 Å². The Balaban J connectivity index is 1.72. The molecule has 166 valence electrons. The molecule has 1 aromatic carbocycles. The second-order valence-electron chi connectivity index (χ2n) is 7.70. The number of benzene rings is 1. The number of hydrogen-bond acceptors (Lipinski definition) is 4. The largest absolute Gasteiger partial charge is 0.503 e. The van der Waals surface area contributed by atoms with E-state index in [1.54, 1.807) is 6.08 Å². The summed E-state index contributed by atoms with van der Waals surface area (Å²) >= 11 is 0. The van der Waals surface area contributed by atoms with Crippen LogP contribution >= 0.6 is 0 Å². The number of aromatic nitrogens is 1. The number of carbonyl (C=O) groups excluding carboxylic acids is 2. The van der Waals surface area contributed by atoms with Crippen molar-refractivity contribution >= 4 is 11.8 Å². The molecule has 0 saturated carbocycles. The Morgan fingerprint density at radius 2 is 1.91 bits per heavy atom. The molecule has 0 aliphatic carbocycles. The molecule has 2 bridgehead atoms. The summed E-state index contributed by atoms with van der Waals surface area (Å²) in [6.07, 6.45) is 4.65. The van der Waals surface area contributed by atoms with E-state index in [4.69, 9.17) is 0 Å². The van der Waals surface area contributed by atoms with Gasteiger partial charge in [-0.1, -0.05) is 19.6 Å². The van der Waals surface area contributed by atoms with E-state index in [9.17, 15) is 32.7 Å². The van der Waals surface area contributed by atoms with Crippen molar-refractivity contribution in [3.05, 3.63) is 87.3 Å². The fraction of sp³-hybridized carbons (Fsp3) is 0.227. The number of carbonyl (C=O) groups is 2. The summed E-state index contributed by atoms with van der Waals surface area (Å²) in [5.74, 6) is -6.19. The van der Waals surface area contributed by atoms with Gasteiger partial charge in [0, 0.05) is 42.7 Å². The lowest BCUT2D eigenvalue weighted by atomic mass is 9.98. The number of halogens is 3. The Morgan fingerprint density at radius 1 is 1.25 bits per heavy atom.